The summed E-state index contributed by atoms with van der Waals surface area (Å²) in [5.74, 6) is 2.88. The molecule has 2 aliphatic carbocycles. The van der Waals surface area contributed by atoms with Crippen molar-refractivity contribution in [2.24, 2.45) is 16.6 Å². The van der Waals surface area contributed by atoms with Crippen LogP contribution in [0.15, 0.2) is 53.1 Å². The van der Waals surface area contributed by atoms with Crippen LogP contribution >= 0.6 is 11.3 Å². The van der Waals surface area contributed by atoms with E-state index in [2.05, 4.69) is 33.2 Å². The van der Waals surface area contributed by atoms with Crippen molar-refractivity contribution in [1.82, 2.24) is 19.8 Å². The number of thiazole rings is 1. The minimum absolute atomic E-state index is 0.403. The van der Waals surface area contributed by atoms with Crippen LogP contribution in [0.25, 0.3) is 0 Å². The van der Waals surface area contributed by atoms with Gasteiger partial charge in [0, 0.05) is 42.3 Å². The molecule has 3 aliphatic rings. The number of aliphatic imine (C=N–C) groups is 1. The lowest BCUT2D eigenvalue weighted by Gasteiger charge is -2.42. The van der Waals surface area contributed by atoms with E-state index in [9.17, 15) is 0 Å². The molecule has 3 aromatic rings. The molecule has 2 fully saturated rings. The van der Waals surface area contributed by atoms with Crippen molar-refractivity contribution in [3.8, 4) is 11.5 Å². The van der Waals surface area contributed by atoms with Gasteiger partial charge in [-0.25, -0.2) is 9.98 Å². The molecule has 0 amide bonds. The fraction of sp³-hybridized carbons (Fsp3) is 0.559. The lowest BCUT2D eigenvalue weighted by molar-refractivity contribution is 0.125. The van der Waals surface area contributed by atoms with Crippen LogP contribution in [0.5, 0.6) is 11.5 Å². The average Bonchev–Trinajstić information content (AvgIpc) is 3.44. The first kappa shape index (κ1) is 29.1. The summed E-state index contributed by atoms with van der Waals surface area (Å²) in [5, 5.41) is 3.42. The van der Waals surface area contributed by atoms with E-state index in [0.717, 1.165) is 43.2 Å². The molecule has 0 spiro atoms. The molecule has 42 heavy (non-hydrogen) atoms. The quantitative estimate of drug-likeness (QED) is 0.245. The van der Waals surface area contributed by atoms with E-state index in [-0.39, 0.29) is 0 Å². The van der Waals surface area contributed by atoms with Crippen LogP contribution in [0.1, 0.15) is 93.3 Å². The summed E-state index contributed by atoms with van der Waals surface area (Å²) < 4.78 is 6.11. The smallest absolute Gasteiger partial charge is 0.197 e. The topological polar surface area (TPSA) is 79.9 Å². The van der Waals surface area contributed by atoms with E-state index < -0.39 is 0 Å². The van der Waals surface area contributed by atoms with Gasteiger partial charge in [0.2, 0.25) is 0 Å². The summed E-state index contributed by atoms with van der Waals surface area (Å²) in [6.07, 6.45) is 19.1. The van der Waals surface area contributed by atoms with Crippen LogP contribution in [0.2, 0.25) is 0 Å². The van der Waals surface area contributed by atoms with Gasteiger partial charge in [-0.2, -0.15) is 0 Å². The number of aromatic nitrogens is 2. The molecule has 1 aliphatic heterocycles. The lowest BCUT2D eigenvalue weighted by Crippen LogP contribution is -2.49. The van der Waals surface area contributed by atoms with Gasteiger partial charge in [0.25, 0.3) is 0 Å². The second-order valence-electron chi connectivity index (χ2n) is 12.4. The fourth-order valence-corrected chi connectivity index (χ4v) is 7.94. The maximum atomic E-state index is 6.73. The van der Waals surface area contributed by atoms with Crippen molar-refractivity contribution in [3.63, 3.8) is 0 Å². The van der Waals surface area contributed by atoms with Gasteiger partial charge in [-0.1, -0.05) is 38.5 Å². The lowest BCUT2D eigenvalue weighted by atomic mass is 9.81. The van der Waals surface area contributed by atoms with Gasteiger partial charge in [0.05, 0.1) is 22.6 Å². The Morgan fingerprint density at radius 1 is 1.05 bits per heavy atom. The second-order valence-corrected chi connectivity index (χ2v) is 13.5. The van der Waals surface area contributed by atoms with Crippen molar-refractivity contribution >= 4 is 23.0 Å². The third-order valence-electron chi connectivity index (χ3n) is 9.45. The van der Waals surface area contributed by atoms with Gasteiger partial charge in [0.15, 0.2) is 5.96 Å². The highest BCUT2D eigenvalue weighted by molar-refractivity contribution is 7.09. The van der Waals surface area contributed by atoms with Gasteiger partial charge < -0.3 is 15.4 Å². The standard InChI is InChI=1S/C34H46N6OS/c1-25-37-28(24-42-25)23-39(29-12-6-3-7-13-29)19-9-15-33(26-10-4-2-5-11-26)40-22-27-20-30(16-17-32(27)38-34(40)35)41-31-14-8-18-36-21-31/h8,14,16-18,20-21,24,26,29,33H,2-7,9-13,15,19,22-23H2,1H3,(H2,35,38). The second kappa shape index (κ2) is 14.0. The number of ether oxygens (including phenoxy) is 1. The normalized spacial score (nSPS) is 19.0. The number of nitrogens with two attached hydrogens (primary N) is 1. The Morgan fingerprint density at radius 2 is 1.86 bits per heavy atom. The van der Waals surface area contributed by atoms with Crippen molar-refractivity contribution in [2.45, 2.75) is 109 Å². The molecule has 7 nitrogen and oxygen atoms in total. The highest BCUT2D eigenvalue weighted by Gasteiger charge is 2.33. The minimum atomic E-state index is 0.403. The molecule has 6 rings (SSSR count). The molecule has 0 bridgehead atoms. The largest absolute Gasteiger partial charge is 0.456 e. The van der Waals surface area contributed by atoms with Gasteiger partial charge in [-0.15, -0.1) is 11.3 Å². The molecule has 2 saturated carbocycles. The van der Waals surface area contributed by atoms with Gasteiger partial charge >= 0.3 is 0 Å². The molecule has 2 aromatic heterocycles. The summed E-state index contributed by atoms with van der Waals surface area (Å²) in [6.45, 7) is 4.99. The Kier molecular flexibility index (Phi) is 9.71. The van der Waals surface area contributed by atoms with Gasteiger partial charge in [-0.05, 0) is 88.2 Å². The number of hydrogen-bond acceptors (Lipinski definition) is 8. The minimum Gasteiger partial charge on any atom is -0.456 e. The molecule has 1 unspecified atom stereocenters. The maximum Gasteiger partial charge on any atom is 0.197 e. The van der Waals surface area contributed by atoms with Crippen molar-refractivity contribution in [1.29, 1.82) is 0 Å². The Balaban J connectivity index is 1.17. The van der Waals surface area contributed by atoms with Crippen LogP contribution < -0.4 is 10.5 Å². The SMILES string of the molecule is Cc1nc(CN(CCCC(C2CCCCC2)N2Cc3cc(Oc4cccnc4)ccc3N=C2N)C2CCCCC2)cs1. The van der Waals surface area contributed by atoms with E-state index >= 15 is 0 Å². The first-order valence-electron chi connectivity index (χ1n) is 16.1. The number of nitrogens with zero attached hydrogens (tertiary/aromatic N) is 5. The highest BCUT2D eigenvalue weighted by Crippen LogP contribution is 2.37. The predicted octanol–water partition coefficient (Wildman–Crippen LogP) is 7.96. The summed E-state index contributed by atoms with van der Waals surface area (Å²) in [7, 11) is 0. The molecule has 0 radical (unpaired) electrons. The van der Waals surface area contributed by atoms with E-state index in [1.807, 2.05) is 24.3 Å². The van der Waals surface area contributed by atoms with Crippen molar-refractivity contribution in [3.05, 3.63) is 64.4 Å². The Labute approximate surface area is 255 Å². The summed E-state index contributed by atoms with van der Waals surface area (Å²) >= 11 is 1.77. The zero-order valence-corrected chi connectivity index (χ0v) is 25.9. The number of hydrogen-bond donors (Lipinski definition) is 1. The number of guanidine groups is 1. The Morgan fingerprint density at radius 3 is 2.60 bits per heavy atom. The van der Waals surface area contributed by atoms with Crippen LogP contribution in [-0.2, 0) is 13.1 Å². The van der Waals surface area contributed by atoms with E-state index in [1.54, 1.807) is 23.7 Å². The maximum absolute atomic E-state index is 6.73. The molecular weight excluding hydrogens is 540 g/mol. The summed E-state index contributed by atoms with van der Waals surface area (Å²) in [4.78, 5) is 19.1. The molecule has 1 aromatic carbocycles. The van der Waals surface area contributed by atoms with Crippen molar-refractivity contribution in [2.75, 3.05) is 6.54 Å². The zero-order valence-electron chi connectivity index (χ0n) is 25.1. The van der Waals surface area contributed by atoms with Crippen LogP contribution in [-0.4, -0.2) is 44.4 Å². The summed E-state index contributed by atoms with van der Waals surface area (Å²) in [6, 6.07) is 11.0. The van der Waals surface area contributed by atoms with E-state index in [0.29, 0.717) is 24.0 Å². The molecule has 3 heterocycles. The van der Waals surface area contributed by atoms with Gasteiger partial charge in [-0.3, -0.25) is 9.88 Å². The zero-order chi connectivity index (χ0) is 28.7. The molecule has 0 saturated heterocycles. The Hall–Kier alpha value is -2.97. The molecule has 1 atom stereocenters. The Bertz CT molecular complexity index is 1310. The molecule has 8 heteroatoms. The first-order chi connectivity index (χ1) is 20.6. The van der Waals surface area contributed by atoms with Crippen LogP contribution in [0.4, 0.5) is 5.69 Å². The number of pyridine rings is 1. The molecular formula is C34H46N6OS. The number of aryl methyl sites for hydroxylation is 1. The van der Waals surface area contributed by atoms with E-state index in [1.165, 1.54) is 86.9 Å². The first-order valence-corrected chi connectivity index (χ1v) is 17.0. The highest BCUT2D eigenvalue weighted by atomic mass is 32.1. The molecule has 2 N–H and O–H groups in total. The average molecular weight is 587 g/mol. The number of benzene rings is 1. The third-order valence-corrected chi connectivity index (χ3v) is 10.3. The number of fused-ring (bicyclic) bond motifs is 1. The van der Waals surface area contributed by atoms with E-state index in [4.69, 9.17) is 20.4 Å². The fourth-order valence-electron chi connectivity index (χ4n) is 7.34. The van der Waals surface area contributed by atoms with Crippen molar-refractivity contribution < 1.29 is 4.74 Å². The van der Waals surface area contributed by atoms with Crippen LogP contribution in [0, 0.1) is 12.8 Å². The predicted molar refractivity (Wildman–Crippen MR) is 171 cm³/mol. The third kappa shape index (κ3) is 7.32. The van der Waals surface area contributed by atoms with Crippen LogP contribution in [0.3, 0.4) is 0 Å². The molecule has 224 valence electrons. The summed E-state index contributed by atoms with van der Waals surface area (Å²) in [5.41, 5.74) is 10.1. The monoisotopic (exact) mass is 586 g/mol. The number of rotatable bonds is 11. The van der Waals surface area contributed by atoms with Gasteiger partial charge in [0.1, 0.15) is 11.5 Å².